The lowest BCUT2D eigenvalue weighted by atomic mass is 9.56. The quantitative estimate of drug-likeness (QED) is 0.154. The molecule has 0 saturated heterocycles. The van der Waals surface area contributed by atoms with Crippen molar-refractivity contribution in [3.63, 3.8) is 0 Å². The number of ether oxygens (including phenoxy) is 1. The van der Waals surface area contributed by atoms with Crippen LogP contribution in [0.1, 0.15) is 67.3 Å². The number of methoxy groups -OCH3 is 1. The Kier molecular flexibility index (Phi) is 7.05. The number of carbonyl (C=O) groups is 1. The molecule has 3 saturated carbocycles. The van der Waals surface area contributed by atoms with E-state index in [1.807, 2.05) is 19.2 Å². The number of rotatable bonds is 9. The third-order valence-electron chi connectivity index (χ3n) is 7.03. The van der Waals surface area contributed by atoms with Gasteiger partial charge in [0.05, 0.1) is 11.5 Å². The Bertz CT molecular complexity index is 749. The standard InChI is InChI=1S/C21H33BN4O4/c1-30-21-10-7-20(8-11-21,9-12-21)16-5-2-4-15(14-16)18(27)26-17(22(28)29)6-3-13-25-19(23)24/h2,4-5,14,17,28-29H,3,6-13H2,1H3,(H,26,27)(H4,23,24,25). The maximum atomic E-state index is 12.8. The smallest absolute Gasteiger partial charge is 0.426 e. The Morgan fingerprint density at radius 2 is 1.93 bits per heavy atom. The van der Waals surface area contributed by atoms with E-state index in [1.165, 1.54) is 5.56 Å². The predicted molar refractivity (Wildman–Crippen MR) is 116 cm³/mol. The summed E-state index contributed by atoms with van der Waals surface area (Å²) in [4.78, 5) is 12.8. The van der Waals surface area contributed by atoms with Crippen molar-refractivity contribution >= 4 is 19.0 Å². The number of nitrogens with one attached hydrogen (secondary N) is 3. The second-order valence-corrected chi connectivity index (χ2v) is 8.72. The van der Waals surface area contributed by atoms with Gasteiger partial charge < -0.3 is 31.2 Å². The first-order chi connectivity index (χ1) is 14.3. The van der Waals surface area contributed by atoms with Crippen molar-refractivity contribution < 1.29 is 19.6 Å². The molecule has 0 spiro atoms. The van der Waals surface area contributed by atoms with Crippen molar-refractivity contribution in [2.24, 2.45) is 5.73 Å². The molecule has 4 rings (SSSR count). The van der Waals surface area contributed by atoms with Gasteiger partial charge in [-0.2, -0.15) is 0 Å². The zero-order valence-corrected chi connectivity index (χ0v) is 17.6. The summed E-state index contributed by atoms with van der Waals surface area (Å²) in [6.45, 7) is 0.426. The summed E-state index contributed by atoms with van der Waals surface area (Å²) in [5, 5.41) is 31.8. The van der Waals surface area contributed by atoms with E-state index >= 15 is 0 Å². The number of guanidine groups is 1. The second-order valence-electron chi connectivity index (χ2n) is 8.72. The molecule has 2 bridgehead atoms. The Hall–Kier alpha value is -2.10. The lowest BCUT2D eigenvalue weighted by Gasteiger charge is -2.53. The normalized spacial score (nSPS) is 26.1. The molecule has 3 fully saturated rings. The highest BCUT2D eigenvalue weighted by atomic mass is 16.5. The molecule has 1 amide bonds. The molecule has 0 aliphatic heterocycles. The summed E-state index contributed by atoms with van der Waals surface area (Å²) < 4.78 is 5.79. The van der Waals surface area contributed by atoms with Gasteiger partial charge in [-0.15, -0.1) is 0 Å². The molecule has 164 valence electrons. The van der Waals surface area contributed by atoms with Gasteiger partial charge in [-0.3, -0.25) is 10.2 Å². The van der Waals surface area contributed by atoms with Gasteiger partial charge in [0.25, 0.3) is 5.91 Å². The lowest BCUT2D eigenvalue weighted by molar-refractivity contribution is -0.0955. The minimum atomic E-state index is -1.66. The number of benzene rings is 1. The van der Waals surface area contributed by atoms with E-state index in [1.54, 1.807) is 6.07 Å². The fourth-order valence-electron chi connectivity index (χ4n) is 4.97. The van der Waals surface area contributed by atoms with Crippen molar-refractivity contribution in [2.75, 3.05) is 13.7 Å². The van der Waals surface area contributed by atoms with Crippen LogP contribution in [-0.4, -0.2) is 54.2 Å². The molecule has 1 atom stereocenters. The van der Waals surface area contributed by atoms with Crippen LogP contribution in [0.15, 0.2) is 24.3 Å². The van der Waals surface area contributed by atoms with E-state index < -0.39 is 13.1 Å². The summed E-state index contributed by atoms with van der Waals surface area (Å²) in [5.41, 5.74) is 7.10. The Labute approximate surface area is 178 Å². The minimum Gasteiger partial charge on any atom is -0.426 e. The van der Waals surface area contributed by atoms with Crippen LogP contribution in [0.4, 0.5) is 0 Å². The lowest BCUT2D eigenvalue weighted by Crippen LogP contribution is -2.49. The molecule has 0 aromatic heterocycles. The highest BCUT2D eigenvalue weighted by Gasteiger charge is 2.49. The molecule has 9 heteroatoms. The van der Waals surface area contributed by atoms with Gasteiger partial charge >= 0.3 is 7.12 Å². The average Bonchev–Trinajstić information content (AvgIpc) is 2.76. The minimum absolute atomic E-state index is 0.0401. The Morgan fingerprint density at radius 1 is 1.27 bits per heavy atom. The Morgan fingerprint density at radius 3 is 2.50 bits per heavy atom. The van der Waals surface area contributed by atoms with Gasteiger partial charge in [-0.1, -0.05) is 12.1 Å². The van der Waals surface area contributed by atoms with E-state index in [9.17, 15) is 14.8 Å². The monoisotopic (exact) mass is 416 g/mol. The van der Waals surface area contributed by atoms with Gasteiger partial charge in [0.2, 0.25) is 0 Å². The van der Waals surface area contributed by atoms with E-state index in [4.69, 9.17) is 15.9 Å². The van der Waals surface area contributed by atoms with Crippen LogP contribution in [0.3, 0.4) is 0 Å². The van der Waals surface area contributed by atoms with Crippen LogP contribution in [0.25, 0.3) is 0 Å². The first kappa shape index (κ1) is 22.6. The fourth-order valence-corrected chi connectivity index (χ4v) is 4.97. The van der Waals surface area contributed by atoms with Crippen LogP contribution >= 0.6 is 0 Å². The number of hydrogen-bond acceptors (Lipinski definition) is 5. The topological polar surface area (TPSA) is 141 Å². The van der Waals surface area contributed by atoms with Crippen LogP contribution < -0.4 is 16.4 Å². The molecular weight excluding hydrogens is 383 g/mol. The number of fused-ring (bicyclic) bond motifs is 3. The van der Waals surface area contributed by atoms with Gasteiger partial charge in [0, 0.05) is 19.2 Å². The zero-order valence-electron chi connectivity index (χ0n) is 17.6. The molecule has 0 heterocycles. The molecule has 1 aromatic carbocycles. The van der Waals surface area contributed by atoms with Gasteiger partial charge in [0.1, 0.15) is 0 Å². The summed E-state index contributed by atoms with van der Waals surface area (Å²) in [7, 11) is 0.151. The second kappa shape index (κ2) is 9.37. The summed E-state index contributed by atoms with van der Waals surface area (Å²) >= 11 is 0. The van der Waals surface area contributed by atoms with E-state index in [0.29, 0.717) is 24.9 Å². The van der Waals surface area contributed by atoms with E-state index in [0.717, 1.165) is 38.5 Å². The maximum absolute atomic E-state index is 12.8. The van der Waals surface area contributed by atoms with Crippen molar-refractivity contribution in [3.05, 3.63) is 35.4 Å². The van der Waals surface area contributed by atoms with Gasteiger partial charge in [-0.25, -0.2) is 0 Å². The maximum Gasteiger partial charge on any atom is 0.475 e. The molecule has 0 radical (unpaired) electrons. The zero-order chi connectivity index (χ0) is 21.8. The van der Waals surface area contributed by atoms with Gasteiger partial charge in [0.15, 0.2) is 5.96 Å². The van der Waals surface area contributed by atoms with Gasteiger partial charge in [-0.05, 0) is 74.5 Å². The molecule has 7 N–H and O–H groups in total. The molecule has 1 aromatic rings. The Balaban J connectivity index is 1.65. The molecule has 8 nitrogen and oxygen atoms in total. The molecule has 30 heavy (non-hydrogen) atoms. The SMILES string of the molecule is COC12CCC(c3cccc(C(=O)NC(CCCNC(=N)N)B(O)O)c3)(CC1)CC2. The first-order valence-corrected chi connectivity index (χ1v) is 10.7. The summed E-state index contributed by atoms with van der Waals surface area (Å²) in [6.07, 6.45) is 7.22. The number of amides is 1. The highest BCUT2D eigenvalue weighted by molar-refractivity contribution is 6.43. The van der Waals surface area contributed by atoms with Crippen molar-refractivity contribution in [2.45, 2.75) is 68.3 Å². The number of hydrogen-bond donors (Lipinski definition) is 6. The van der Waals surface area contributed by atoms with Crippen LogP contribution in [0, 0.1) is 5.41 Å². The largest absolute Gasteiger partial charge is 0.475 e. The number of nitrogens with two attached hydrogens (primary N) is 1. The molecule has 3 aliphatic carbocycles. The first-order valence-electron chi connectivity index (χ1n) is 10.7. The fraction of sp³-hybridized carbons (Fsp3) is 0.619. The summed E-state index contributed by atoms with van der Waals surface area (Å²) in [5.74, 6) is -1.24. The van der Waals surface area contributed by atoms with Crippen LogP contribution in [-0.2, 0) is 10.2 Å². The van der Waals surface area contributed by atoms with Crippen LogP contribution in [0.5, 0.6) is 0 Å². The summed E-state index contributed by atoms with van der Waals surface area (Å²) in [6, 6.07) is 7.73. The van der Waals surface area contributed by atoms with Crippen molar-refractivity contribution in [3.8, 4) is 0 Å². The number of carbonyl (C=O) groups excluding carboxylic acids is 1. The van der Waals surface area contributed by atoms with Crippen LogP contribution in [0.2, 0.25) is 0 Å². The van der Waals surface area contributed by atoms with Crippen molar-refractivity contribution in [1.29, 1.82) is 5.41 Å². The van der Waals surface area contributed by atoms with E-state index in [2.05, 4.69) is 16.7 Å². The van der Waals surface area contributed by atoms with E-state index in [-0.39, 0.29) is 22.9 Å². The predicted octanol–water partition coefficient (Wildman–Crippen LogP) is 1.05. The molecular formula is C21H33BN4O4. The average molecular weight is 416 g/mol. The molecule has 1 unspecified atom stereocenters. The third-order valence-corrected chi connectivity index (χ3v) is 7.03. The molecule has 3 aliphatic rings. The third kappa shape index (κ3) is 4.96. The van der Waals surface area contributed by atoms with Crippen molar-refractivity contribution in [1.82, 2.24) is 10.6 Å². The highest BCUT2D eigenvalue weighted by Crippen LogP contribution is 2.54.